The van der Waals surface area contributed by atoms with Gasteiger partial charge in [0.25, 0.3) is 5.91 Å². The molecule has 2 N–H and O–H groups in total. The lowest BCUT2D eigenvalue weighted by molar-refractivity contribution is 0.0498. The van der Waals surface area contributed by atoms with E-state index < -0.39 is 11.9 Å². The van der Waals surface area contributed by atoms with Crippen molar-refractivity contribution >= 4 is 50.5 Å². The number of amides is 1. The summed E-state index contributed by atoms with van der Waals surface area (Å²) < 4.78 is 5.56. The van der Waals surface area contributed by atoms with E-state index in [-0.39, 0.29) is 11.3 Å². The van der Waals surface area contributed by atoms with Crippen LogP contribution in [0.15, 0.2) is 107 Å². The minimum atomic E-state index is -0.476. The van der Waals surface area contributed by atoms with E-state index in [9.17, 15) is 14.7 Å². The highest BCUT2D eigenvalue weighted by Gasteiger charge is 2.19. The topological polar surface area (TPSA) is 100 Å². The van der Waals surface area contributed by atoms with E-state index in [1.54, 1.807) is 42.5 Å². The van der Waals surface area contributed by atoms with Crippen molar-refractivity contribution < 1.29 is 19.4 Å². The number of benzene rings is 5. The van der Waals surface area contributed by atoms with Crippen molar-refractivity contribution in [2.24, 2.45) is 10.2 Å². The molecule has 7 heteroatoms. The number of azo groups is 1. The third-order valence-corrected chi connectivity index (χ3v) is 7.90. The van der Waals surface area contributed by atoms with Crippen LogP contribution in [-0.2, 0) is 4.74 Å². The van der Waals surface area contributed by atoms with Gasteiger partial charge in [0.1, 0.15) is 11.4 Å². The lowest BCUT2D eigenvalue weighted by Crippen LogP contribution is -2.12. The Balaban J connectivity index is 1.33. The highest BCUT2D eigenvalue weighted by molar-refractivity contribution is 6.14. The van der Waals surface area contributed by atoms with Gasteiger partial charge in [-0.3, -0.25) is 4.79 Å². The molecule has 1 amide bonds. The van der Waals surface area contributed by atoms with Crippen LogP contribution < -0.4 is 5.32 Å². The van der Waals surface area contributed by atoms with Crippen molar-refractivity contribution in [3.8, 4) is 5.75 Å². The van der Waals surface area contributed by atoms with E-state index in [4.69, 9.17) is 4.74 Å². The summed E-state index contributed by atoms with van der Waals surface area (Å²) in [7, 11) is 0. The van der Waals surface area contributed by atoms with Crippen LogP contribution in [0.3, 0.4) is 0 Å². The number of nitrogens with zero attached hydrogens (tertiary/aromatic N) is 2. The summed E-state index contributed by atoms with van der Waals surface area (Å²) in [6.07, 6.45) is 9.31. The number of phenolic OH excluding ortho intramolecular Hbond substituents is 1. The van der Waals surface area contributed by atoms with Crippen LogP contribution in [0.25, 0.3) is 21.5 Å². The fourth-order valence-corrected chi connectivity index (χ4v) is 5.44. The second kappa shape index (κ2) is 15.6. The molecule has 0 aromatic heterocycles. The monoisotopic (exact) mass is 601 g/mol. The SMILES string of the molecule is CCCCCCCCCCOC(=O)c1ccccc1N=Nc1cc(C(=O)Nc2cccc3ccccc23)c(O)c2ccccc12. The first-order chi connectivity index (χ1) is 22.1. The third kappa shape index (κ3) is 7.92. The second-order valence-electron chi connectivity index (χ2n) is 11.1. The predicted molar refractivity (Wildman–Crippen MR) is 181 cm³/mol. The zero-order chi connectivity index (χ0) is 31.4. The van der Waals surface area contributed by atoms with Crippen molar-refractivity contribution in [2.45, 2.75) is 58.3 Å². The Labute approximate surface area is 264 Å². The number of phenols is 1. The van der Waals surface area contributed by atoms with Crippen LogP contribution in [0.2, 0.25) is 0 Å². The number of unbranched alkanes of at least 4 members (excludes halogenated alkanes) is 7. The highest BCUT2D eigenvalue weighted by atomic mass is 16.5. The minimum Gasteiger partial charge on any atom is -0.506 e. The van der Waals surface area contributed by atoms with Gasteiger partial charge < -0.3 is 15.2 Å². The molecule has 0 aliphatic heterocycles. The van der Waals surface area contributed by atoms with Crippen molar-refractivity contribution in [1.29, 1.82) is 0 Å². The number of aromatic hydroxyl groups is 1. The van der Waals surface area contributed by atoms with Gasteiger partial charge in [-0.25, -0.2) is 4.79 Å². The Bertz CT molecular complexity index is 1810. The summed E-state index contributed by atoms with van der Waals surface area (Å²) in [4.78, 5) is 26.5. The lowest BCUT2D eigenvalue weighted by atomic mass is 10.0. The molecule has 0 saturated heterocycles. The molecule has 0 bridgehead atoms. The zero-order valence-electron chi connectivity index (χ0n) is 25.7. The number of fused-ring (bicyclic) bond motifs is 2. The van der Waals surface area contributed by atoms with E-state index in [0.717, 1.165) is 30.0 Å². The first-order valence-corrected chi connectivity index (χ1v) is 15.8. The third-order valence-electron chi connectivity index (χ3n) is 7.90. The quantitative estimate of drug-likeness (QED) is 0.0751. The molecule has 0 aliphatic carbocycles. The van der Waals surface area contributed by atoms with Crippen LogP contribution in [-0.4, -0.2) is 23.6 Å². The van der Waals surface area contributed by atoms with E-state index in [1.807, 2.05) is 48.5 Å². The molecule has 0 aliphatic rings. The zero-order valence-corrected chi connectivity index (χ0v) is 25.7. The van der Waals surface area contributed by atoms with Gasteiger partial charge in [-0.2, -0.15) is 0 Å². The van der Waals surface area contributed by atoms with E-state index in [0.29, 0.717) is 40.0 Å². The molecule has 0 atom stereocenters. The molecule has 5 aromatic rings. The van der Waals surface area contributed by atoms with Crippen LogP contribution in [0, 0.1) is 0 Å². The number of esters is 1. The van der Waals surface area contributed by atoms with Gasteiger partial charge in [-0.05, 0) is 36.1 Å². The molecular formula is C38H39N3O4. The number of ether oxygens (including phenoxy) is 1. The van der Waals surface area contributed by atoms with Gasteiger partial charge in [0.15, 0.2) is 0 Å². The molecule has 45 heavy (non-hydrogen) atoms. The van der Waals surface area contributed by atoms with E-state index in [1.165, 1.54) is 38.2 Å². The molecule has 0 saturated carbocycles. The van der Waals surface area contributed by atoms with Crippen LogP contribution >= 0.6 is 0 Å². The van der Waals surface area contributed by atoms with Crippen molar-refractivity contribution in [3.05, 3.63) is 108 Å². The van der Waals surface area contributed by atoms with Crippen molar-refractivity contribution in [1.82, 2.24) is 0 Å². The number of hydrogen-bond donors (Lipinski definition) is 2. The average molecular weight is 602 g/mol. The maximum absolute atomic E-state index is 13.5. The van der Waals surface area contributed by atoms with Gasteiger partial charge >= 0.3 is 5.97 Å². The van der Waals surface area contributed by atoms with E-state index >= 15 is 0 Å². The Morgan fingerprint density at radius 2 is 1.29 bits per heavy atom. The van der Waals surface area contributed by atoms with E-state index in [2.05, 4.69) is 22.5 Å². The fourth-order valence-electron chi connectivity index (χ4n) is 5.44. The molecule has 0 spiro atoms. The standard InChI is InChI=1S/C38H39N3O4/c1-2-3-4-5-6-7-8-15-25-45-38(44)31-22-13-14-23-34(31)40-41-35-26-32(36(42)30-21-12-11-20-29(30)35)37(43)39-33-24-16-18-27-17-9-10-19-28(27)33/h9-14,16-24,26,42H,2-8,15,25H2,1H3,(H,39,43). The molecule has 5 rings (SSSR count). The van der Waals surface area contributed by atoms with Crippen LogP contribution in [0.5, 0.6) is 5.75 Å². The fraction of sp³-hybridized carbons (Fsp3) is 0.263. The molecule has 0 unspecified atom stereocenters. The maximum atomic E-state index is 13.5. The molecular weight excluding hydrogens is 562 g/mol. The predicted octanol–water partition coefficient (Wildman–Crippen LogP) is 10.7. The van der Waals surface area contributed by atoms with Crippen molar-refractivity contribution in [3.63, 3.8) is 0 Å². The largest absolute Gasteiger partial charge is 0.506 e. The number of rotatable bonds is 14. The maximum Gasteiger partial charge on any atom is 0.340 e. The number of carbonyl (C=O) groups is 2. The smallest absolute Gasteiger partial charge is 0.340 e. The number of nitrogens with one attached hydrogen (secondary N) is 1. The number of anilines is 1. The Hall–Kier alpha value is -5.04. The summed E-state index contributed by atoms with van der Waals surface area (Å²) in [6.45, 7) is 2.57. The number of carbonyl (C=O) groups excluding carboxylic acids is 2. The van der Waals surface area contributed by atoms with Gasteiger partial charge in [0.05, 0.1) is 23.4 Å². The first kappa shape index (κ1) is 31.4. The normalized spacial score (nSPS) is 11.3. The molecule has 230 valence electrons. The van der Waals surface area contributed by atoms with Gasteiger partial charge in [0, 0.05) is 21.8 Å². The minimum absolute atomic E-state index is 0.0636. The molecule has 7 nitrogen and oxygen atoms in total. The molecule has 5 aromatic carbocycles. The Kier molecular flexibility index (Phi) is 10.9. The Morgan fingerprint density at radius 3 is 2.09 bits per heavy atom. The summed E-state index contributed by atoms with van der Waals surface area (Å²) in [5, 5.41) is 25.9. The van der Waals surface area contributed by atoms with Crippen LogP contribution in [0.4, 0.5) is 17.1 Å². The summed E-state index contributed by atoms with van der Waals surface area (Å²) in [5.41, 5.74) is 1.76. The average Bonchev–Trinajstić information content (AvgIpc) is 3.07. The molecule has 0 heterocycles. The molecule has 0 radical (unpaired) electrons. The highest BCUT2D eigenvalue weighted by Crippen LogP contribution is 2.38. The summed E-state index contributed by atoms with van der Waals surface area (Å²) in [5.74, 6) is -1.07. The van der Waals surface area contributed by atoms with Gasteiger partial charge in [-0.15, -0.1) is 10.2 Å². The second-order valence-corrected chi connectivity index (χ2v) is 11.1. The van der Waals surface area contributed by atoms with Gasteiger partial charge in [0.2, 0.25) is 0 Å². The molecule has 0 fully saturated rings. The van der Waals surface area contributed by atoms with Gasteiger partial charge in [-0.1, -0.05) is 125 Å². The summed E-state index contributed by atoms with van der Waals surface area (Å²) in [6, 6.07) is 29.0. The van der Waals surface area contributed by atoms with Crippen LogP contribution in [0.1, 0.15) is 79.0 Å². The number of hydrogen-bond acceptors (Lipinski definition) is 6. The summed E-state index contributed by atoms with van der Waals surface area (Å²) >= 11 is 0. The lowest BCUT2D eigenvalue weighted by Gasteiger charge is -2.12. The van der Waals surface area contributed by atoms with Crippen molar-refractivity contribution in [2.75, 3.05) is 11.9 Å². The Morgan fingerprint density at radius 1 is 0.667 bits per heavy atom. The first-order valence-electron chi connectivity index (χ1n) is 15.8.